The van der Waals surface area contributed by atoms with Crippen molar-refractivity contribution in [3.05, 3.63) is 60.3 Å². The lowest BCUT2D eigenvalue weighted by molar-refractivity contribution is 0.0554. The Hall–Kier alpha value is -2.77. The van der Waals surface area contributed by atoms with Crippen LogP contribution in [-0.4, -0.2) is 87.5 Å². The number of aliphatic imine (C=N–C) groups is 3. The van der Waals surface area contributed by atoms with Crippen LogP contribution in [0.25, 0.3) is 0 Å². The number of morpholine rings is 1. The Morgan fingerprint density at radius 2 is 1.86 bits per heavy atom. The Balaban J connectivity index is 1.83. The highest BCUT2D eigenvalue weighted by Crippen LogP contribution is 2.37. The van der Waals surface area contributed by atoms with E-state index in [2.05, 4.69) is 57.3 Å². The molecular formula is C28H42N6O. The van der Waals surface area contributed by atoms with Crippen molar-refractivity contribution in [3.63, 3.8) is 0 Å². The second kappa shape index (κ2) is 13.4. The molecule has 7 nitrogen and oxygen atoms in total. The van der Waals surface area contributed by atoms with Crippen molar-refractivity contribution < 1.29 is 4.74 Å². The van der Waals surface area contributed by atoms with E-state index in [1.165, 1.54) is 19.3 Å². The predicted octanol–water partition coefficient (Wildman–Crippen LogP) is 4.00. The molecule has 35 heavy (non-hydrogen) atoms. The standard InChI is InChI=1S/C28H42N6O/c1-6-26(33-16-18-35-19-17-33)9-8-23(2)27(20-24(3)31-14-13-29-5)32-25(4)34-15-11-28(22-34)10-7-12-30-21-28/h6,8-9,13-14,20,30H,1,4,7,10-12,15-19,21-22H2,2-3,5H3/b23-8+,24-20+,26-9+,29-13?,31-14?,32-27?. The van der Waals surface area contributed by atoms with Crippen LogP contribution >= 0.6 is 0 Å². The first-order valence-electron chi connectivity index (χ1n) is 12.7. The molecule has 0 aliphatic carbocycles. The van der Waals surface area contributed by atoms with Gasteiger partial charge < -0.3 is 19.9 Å². The van der Waals surface area contributed by atoms with Gasteiger partial charge in [-0.2, -0.15) is 0 Å². The van der Waals surface area contributed by atoms with Gasteiger partial charge in [-0.25, -0.2) is 4.99 Å². The number of piperidine rings is 1. The molecular weight excluding hydrogens is 436 g/mol. The van der Waals surface area contributed by atoms with Crippen LogP contribution in [0.15, 0.2) is 75.2 Å². The largest absolute Gasteiger partial charge is 0.378 e. The first-order chi connectivity index (χ1) is 17.0. The summed E-state index contributed by atoms with van der Waals surface area (Å²) in [5, 5.41) is 3.58. The van der Waals surface area contributed by atoms with Gasteiger partial charge in [-0.15, -0.1) is 0 Å². The molecule has 0 bridgehead atoms. The highest BCUT2D eigenvalue weighted by atomic mass is 16.5. The molecule has 3 heterocycles. The monoisotopic (exact) mass is 478 g/mol. The zero-order valence-electron chi connectivity index (χ0n) is 21.8. The predicted molar refractivity (Wildman–Crippen MR) is 148 cm³/mol. The lowest BCUT2D eigenvalue weighted by atomic mass is 9.80. The van der Waals surface area contributed by atoms with E-state index >= 15 is 0 Å². The molecule has 0 aromatic carbocycles. The van der Waals surface area contributed by atoms with Crippen molar-refractivity contribution in [1.82, 2.24) is 15.1 Å². The highest BCUT2D eigenvalue weighted by Gasteiger charge is 2.39. The molecule has 3 aliphatic heterocycles. The number of hydrogen-bond donors (Lipinski definition) is 1. The summed E-state index contributed by atoms with van der Waals surface area (Å²) in [5.74, 6) is 0.819. The fourth-order valence-electron chi connectivity index (χ4n) is 4.85. The molecule has 3 fully saturated rings. The molecule has 1 N–H and O–H groups in total. The third kappa shape index (κ3) is 7.87. The second-order valence-electron chi connectivity index (χ2n) is 9.58. The minimum atomic E-state index is 0.358. The number of nitrogens with one attached hydrogen (secondary N) is 1. The summed E-state index contributed by atoms with van der Waals surface area (Å²) in [7, 11) is 1.73. The number of rotatable bonds is 9. The van der Waals surface area contributed by atoms with Crippen LogP contribution in [0.3, 0.4) is 0 Å². The van der Waals surface area contributed by atoms with Crippen molar-refractivity contribution in [2.45, 2.75) is 33.1 Å². The molecule has 7 heteroatoms. The molecule has 0 radical (unpaired) electrons. The van der Waals surface area contributed by atoms with Crippen molar-refractivity contribution in [2.24, 2.45) is 20.4 Å². The van der Waals surface area contributed by atoms with Crippen LogP contribution in [0.5, 0.6) is 0 Å². The molecule has 1 unspecified atom stereocenters. The lowest BCUT2D eigenvalue weighted by Gasteiger charge is -2.34. The van der Waals surface area contributed by atoms with Gasteiger partial charge in [0.15, 0.2) is 0 Å². The van der Waals surface area contributed by atoms with Crippen molar-refractivity contribution in [1.29, 1.82) is 0 Å². The smallest absolute Gasteiger partial charge is 0.121 e. The molecule has 0 aromatic rings. The van der Waals surface area contributed by atoms with Crippen LogP contribution in [0, 0.1) is 5.41 Å². The van der Waals surface area contributed by atoms with Crippen LogP contribution in [0.4, 0.5) is 0 Å². The Morgan fingerprint density at radius 3 is 2.54 bits per heavy atom. The first kappa shape index (κ1) is 26.8. The minimum absolute atomic E-state index is 0.358. The van der Waals surface area contributed by atoms with Crippen molar-refractivity contribution >= 4 is 18.1 Å². The molecule has 0 amide bonds. The molecule has 1 spiro atoms. The van der Waals surface area contributed by atoms with Gasteiger partial charge >= 0.3 is 0 Å². The molecule has 3 aliphatic rings. The van der Waals surface area contributed by atoms with Crippen LogP contribution < -0.4 is 5.32 Å². The molecule has 1 atom stereocenters. The number of likely N-dealkylation sites (tertiary alicyclic amines) is 1. The topological polar surface area (TPSA) is 64.8 Å². The molecule has 0 aromatic heterocycles. The minimum Gasteiger partial charge on any atom is -0.378 e. The van der Waals surface area contributed by atoms with Gasteiger partial charge in [0.25, 0.3) is 0 Å². The third-order valence-corrected chi connectivity index (χ3v) is 6.95. The van der Waals surface area contributed by atoms with E-state index in [9.17, 15) is 0 Å². The maximum Gasteiger partial charge on any atom is 0.121 e. The summed E-state index contributed by atoms with van der Waals surface area (Å²) in [4.78, 5) is 18.1. The summed E-state index contributed by atoms with van der Waals surface area (Å²) in [5.41, 5.74) is 4.22. The van der Waals surface area contributed by atoms with E-state index < -0.39 is 0 Å². The highest BCUT2D eigenvalue weighted by molar-refractivity contribution is 6.16. The van der Waals surface area contributed by atoms with Crippen LogP contribution in [0.1, 0.15) is 33.1 Å². The molecule has 0 saturated carbocycles. The fourth-order valence-corrected chi connectivity index (χ4v) is 4.85. The summed E-state index contributed by atoms with van der Waals surface area (Å²) in [6.07, 6.45) is 15.2. The van der Waals surface area contributed by atoms with E-state index in [4.69, 9.17) is 9.73 Å². The van der Waals surface area contributed by atoms with Gasteiger partial charge in [0, 0.05) is 69.0 Å². The van der Waals surface area contributed by atoms with E-state index in [1.807, 2.05) is 19.1 Å². The van der Waals surface area contributed by atoms with E-state index in [1.54, 1.807) is 19.5 Å². The first-order valence-corrected chi connectivity index (χ1v) is 12.7. The van der Waals surface area contributed by atoms with Gasteiger partial charge in [-0.05, 0) is 63.5 Å². The summed E-state index contributed by atoms with van der Waals surface area (Å²) in [6, 6.07) is 0. The van der Waals surface area contributed by atoms with E-state index in [0.717, 1.165) is 81.0 Å². The number of allylic oxidation sites excluding steroid dienone is 6. The number of hydrogen-bond acceptors (Lipinski definition) is 7. The molecule has 3 saturated heterocycles. The zero-order valence-corrected chi connectivity index (χ0v) is 21.8. The lowest BCUT2D eigenvalue weighted by Crippen LogP contribution is -2.41. The summed E-state index contributed by atoms with van der Waals surface area (Å²) < 4.78 is 5.49. The van der Waals surface area contributed by atoms with Gasteiger partial charge in [0.1, 0.15) is 5.82 Å². The second-order valence-corrected chi connectivity index (χ2v) is 9.58. The van der Waals surface area contributed by atoms with Crippen molar-refractivity contribution in [3.8, 4) is 0 Å². The Labute approximate surface area is 211 Å². The van der Waals surface area contributed by atoms with Gasteiger partial charge in [0.05, 0.1) is 18.9 Å². The average molecular weight is 479 g/mol. The van der Waals surface area contributed by atoms with Crippen LogP contribution in [0.2, 0.25) is 0 Å². The van der Waals surface area contributed by atoms with Crippen LogP contribution in [-0.2, 0) is 4.74 Å². The molecule has 3 rings (SSSR count). The maximum absolute atomic E-state index is 5.49. The summed E-state index contributed by atoms with van der Waals surface area (Å²) in [6.45, 7) is 19.9. The average Bonchev–Trinajstić information content (AvgIpc) is 3.28. The number of ether oxygens (including phenoxy) is 1. The zero-order chi connectivity index (χ0) is 25.1. The SMILES string of the molecule is C=C/C(=C\C=C(/C)C(/C=C(\C)N=CC=NC)=NC(=C)N1CCC2(CCCNC2)C1)N1CCOCC1. The maximum atomic E-state index is 5.49. The van der Waals surface area contributed by atoms with Gasteiger partial charge in [-0.1, -0.05) is 19.2 Å². The van der Waals surface area contributed by atoms with Gasteiger partial charge in [0.2, 0.25) is 0 Å². The molecule has 190 valence electrons. The fraction of sp³-hybridized carbons (Fsp3) is 0.536. The van der Waals surface area contributed by atoms with E-state index in [0.29, 0.717) is 5.41 Å². The normalized spacial score (nSPS) is 25.3. The van der Waals surface area contributed by atoms with Gasteiger partial charge in [-0.3, -0.25) is 9.98 Å². The van der Waals surface area contributed by atoms with E-state index in [-0.39, 0.29) is 0 Å². The number of nitrogens with zero attached hydrogens (tertiary/aromatic N) is 5. The summed E-state index contributed by atoms with van der Waals surface area (Å²) >= 11 is 0. The Kier molecular flexibility index (Phi) is 10.2. The van der Waals surface area contributed by atoms with Crippen molar-refractivity contribution in [2.75, 3.05) is 59.5 Å². The quantitative estimate of drug-likeness (QED) is 0.402. The Morgan fingerprint density at radius 1 is 1.06 bits per heavy atom. The third-order valence-electron chi connectivity index (χ3n) is 6.95. The Bertz CT molecular complexity index is 927.